The average Bonchev–Trinajstić information content (AvgIpc) is 2.86. The van der Waals surface area contributed by atoms with Gasteiger partial charge in [0.15, 0.2) is 0 Å². The number of ether oxygens (including phenoxy) is 1. The monoisotopic (exact) mass is 292 g/mol. The third kappa shape index (κ3) is 3.71. The van der Waals surface area contributed by atoms with E-state index in [1.165, 1.54) is 17.4 Å². The van der Waals surface area contributed by atoms with Crippen molar-refractivity contribution in [3.8, 4) is 5.75 Å². The summed E-state index contributed by atoms with van der Waals surface area (Å²) in [6, 6.07) is 11.0. The molecule has 1 heterocycles. The Kier molecular flexibility index (Phi) is 4.57. The lowest BCUT2D eigenvalue weighted by atomic mass is 10.3. The van der Waals surface area contributed by atoms with Crippen LogP contribution in [0, 0.1) is 10.1 Å². The number of anilines is 1. The van der Waals surface area contributed by atoms with Gasteiger partial charge in [0.05, 0.1) is 16.7 Å². The van der Waals surface area contributed by atoms with Crippen LogP contribution in [0.3, 0.4) is 0 Å². The van der Waals surface area contributed by atoms with Crippen LogP contribution in [0.5, 0.6) is 5.75 Å². The molecule has 20 heavy (non-hydrogen) atoms. The van der Waals surface area contributed by atoms with Gasteiger partial charge in [-0.1, -0.05) is 23.5 Å². The molecule has 1 aromatic heterocycles. The summed E-state index contributed by atoms with van der Waals surface area (Å²) in [5, 5.41) is 14.1. The van der Waals surface area contributed by atoms with Crippen molar-refractivity contribution < 1.29 is 9.66 Å². The minimum atomic E-state index is -0.371. The second kappa shape index (κ2) is 6.38. The van der Waals surface area contributed by atoms with Crippen molar-refractivity contribution in [2.45, 2.75) is 26.5 Å². The molecule has 0 amide bonds. The highest BCUT2D eigenvalue weighted by atomic mass is 32.1. The molecule has 0 bridgehead atoms. The van der Waals surface area contributed by atoms with Gasteiger partial charge in [0.2, 0.25) is 0 Å². The second-order valence-electron chi connectivity index (χ2n) is 4.51. The third-order valence-corrected chi connectivity index (χ3v) is 3.57. The number of nitro groups is 1. The molecule has 106 valence electrons. The Morgan fingerprint density at radius 1 is 1.30 bits per heavy atom. The Bertz CT molecular complexity index is 596. The standard InChI is InChI=1S/C14H16N2O3S/c1-10(2)19-13-6-4-3-5-12(13)15-9-11-7-8-14(20-11)16(17)18/h3-8,10,15H,9H2,1-2H3. The minimum Gasteiger partial charge on any atom is -0.489 e. The van der Waals surface area contributed by atoms with Crippen molar-refractivity contribution in [2.75, 3.05) is 5.32 Å². The maximum absolute atomic E-state index is 10.6. The Morgan fingerprint density at radius 2 is 2.05 bits per heavy atom. The van der Waals surface area contributed by atoms with E-state index in [-0.39, 0.29) is 16.0 Å². The molecule has 2 rings (SSSR count). The first-order valence-electron chi connectivity index (χ1n) is 6.29. The highest BCUT2D eigenvalue weighted by Crippen LogP contribution is 2.28. The number of para-hydroxylation sites is 2. The second-order valence-corrected chi connectivity index (χ2v) is 5.66. The Labute approximate surface area is 121 Å². The smallest absolute Gasteiger partial charge is 0.324 e. The lowest BCUT2D eigenvalue weighted by Crippen LogP contribution is -2.08. The van der Waals surface area contributed by atoms with Crippen molar-refractivity contribution in [3.05, 3.63) is 51.4 Å². The van der Waals surface area contributed by atoms with Gasteiger partial charge in [-0.2, -0.15) is 0 Å². The molecule has 6 heteroatoms. The van der Waals surface area contributed by atoms with Gasteiger partial charge in [0.25, 0.3) is 0 Å². The SMILES string of the molecule is CC(C)Oc1ccccc1NCc1ccc([N+](=O)[O-])s1. The summed E-state index contributed by atoms with van der Waals surface area (Å²) < 4.78 is 5.71. The summed E-state index contributed by atoms with van der Waals surface area (Å²) in [7, 11) is 0. The number of thiophene rings is 1. The molecule has 0 aliphatic heterocycles. The lowest BCUT2D eigenvalue weighted by molar-refractivity contribution is -0.380. The van der Waals surface area contributed by atoms with Gasteiger partial charge in [-0.25, -0.2) is 0 Å². The van der Waals surface area contributed by atoms with Crippen LogP contribution < -0.4 is 10.1 Å². The van der Waals surface area contributed by atoms with Gasteiger partial charge in [-0.15, -0.1) is 0 Å². The quantitative estimate of drug-likeness (QED) is 0.644. The van der Waals surface area contributed by atoms with E-state index in [2.05, 4.69) is 5.32 Å². The van der Waals surface area contributed by atoms with Crippen molar-refractivity contribution >= 4 is 22.0 Å². The fourth-order valence-electron chi connectivity index (χ4n) is 1.71. The molecule has 0 saturated carbocycles. The Hall–Kier alpha value is -2.08. The molecular weight excluding hydrogens is 276 g/mol. The topological polar surface area (TPSA) is 64.4 Å². The van der Waals surface area contributed by atoms with E-state index in [4.69, 9.17) is 4.74 Å². The fourth-order valence-corrected chi connectivity index (χ4v) is 2.47. The first-order chi connectivity index (χ1) is 9.56. The largest absolute Gasteiger partial charge is 0.489 e. The molecule has 0 spiro atoms. The van der Waals surface area contributed by atoms with E-state index in [0.29, 0.717) is 6.54 Å². The molecule has 2 aromatic rings. The molecule has 0 unspecified atom stereocenters. The summed E-state index contributed by atoms with van der Waals surface area (Å²) in [6.45, 7) is 4.48. The summed E-state index contributed by atoms with van der Waals surface area (Å²) in [5.41, 5.74) is 0.886. The number of nitrogens with zero attached hydrogens (tertiary/aromatic N) is 1. The van der Waals surface area contributed by atoms with Crippen LogP contribution in [0.4, 0.5) is 10.7 Å². The predicted octanol–water partition coefficient (Wildman–Crippen LogP) is 4.06. The highest BCUT2D eigenvalue weighted by Gasteiger charge is 2.10. The molecular formula is C14H16N2O3S. The first kappa shape index (κ1) is 14.3. The van der Waals surface area contributed by atoms with E-state index in [9.17, 15) is 10.1 Å². The minimum absolute atomic E-state index is 0.0979. The molecule has 1 aromatic carbocycles. The number of benzene rings is 1. The molecule has 1 N–H and O–H groups in total. The molecule has 5 nitrogen and oxygen atoms in total. The number of hydrogen-bond acceptors (Lipinski definition) is 5. The number of nitrogens with one attached hydrogen (secondary N) is 1. The first-order valence-corrected chi connectivity index (χ1v) is 7.10. The van der Waals surface area contributed by atoms with Gasteiger partial charge in [0, 0.05) is 17.5 Å². The lowest BCUT2D eigenvalue weighted by Gasteiger charge is -2.14. The summed E-state index contributed by atoms with van der Waals surface area (Å²) in [4.78, 5) is 11.2. The van der Waals surface area contributed by atoms with E-state index >= 15 is 0 Å². The van der Waals surface area contributed by atoms with Gasteiger partial charge in [0.1, 0.15) is 5.75 Å². The average molecular weight is 292 g/mol. The number of rotatable bonds is 6. The maximum atomic E-state index is 10.6. The normalized spacial score (nSPS) is 10.6. The molecule has 0 atom stereocenters. The summed E-state index contributed by atoms with van der Waals surface area (Å²) in [5.74, 6) is 0.786. The van der Waals surface area contributed by atoms with Gasteiger partial charge < -0.3 is 10.1 Å². The van der Waals surface area contributed by atoms with Crippen molar-refractivity contribution in [2.24, 2.45) is 0 Å². The molecule has 0 aliphatic rings. The van der Waals surface area contributed by atoms with Crippen molar-refractivity contribution in [1.82, 2.24) is 0 Å². The summed E-state index contributed by atoms with van der Waals surface area (Å²) >= 11 is 1.18. The van der Waals surface area contributed by atoms with E-state index < -0.39 is 0 Å². The third-order valence-electron chi connectivity index (χ3n) is 2.53. The molecule has 0 aliphatic carbocycles. The van der Waals surface area contributed by atoms with Crippen molar-refractivity contribution in [1.29, 1.82) is 0 Å². The van der Waals surface area contributed by atoms with Crippen LogP contribution in [0.25, 0.3) is 0 Å². The highest BCUT2D eigenvalue weighted by molar-refractivity contribution is 7.15. The van der Waals surface area contributed by atoms with Gasteiger partial charge >= 0.3 is 5.00 Å². The van der Waals surface area contributed by atoms with Crippen LogP contribution in [-0.4, -0.2) is 11.0 Å². The molecule has 0 fully saturated rings. The van der Waals surface area contributed by atoms with Gasteiger partial charge in [-0.05, 0) is 32.0 Å². The molecule has 0 radical (unpaired) electrons. The van der Waals surface area contributed by atoms with Gasteiger partial charge in [-0.3, -0.25) is 10.1 Å². The van der Waals surface area contributed by atoms with E-state index in [1.54, 1.807) is 6.07 Å². The van der Waals surface area contributed by atoms with E-state index in [0.717, 1.165) is 16.3 Å². The van der Waals surface area contributed by atoms with Crippen LogP contribution in [0.1, 0.15) is 18.7 Å². The number of hydrogen-bond donors (Lipinski definition) is 1. The molecule has 0 saturated heterocycles. The van der Waals surface area contributed by atoms with Crippen molar-refractivity contribution in [3.63, 3.8) is 0 Å². The van der Waals surface area contributed by atoms with Crippen LogP contribution in [0.2, 0.25) is 0 Å². The Balaban J connectivity index is 2.04. The fraction of sp³-hybridized carbons (Fsp3) is 0.286. The predicted molar refractivity (Wildman–Crippen MR) is 80.5 cm³/mol. The van der Waals surface area contributed by atoms with E-state index in [1.807, 2.05) is 38.1 Å². The van der Waals surface area contributed by atoms with Crippen LogP contribution in [0.15, 0.2) is 36.4 Å². The van der Waals surface area contributed by atoms with Crippen LogP contribution in [-0.2, 0) is 6.54 Å². The maximum Gasteiger partial charge on any atom is 0.324 e. The van der Waals surface area contributed by atoms with Crippen LogP contribution >= 0.6 is 11.3 Å². The zero-order valence-corrected chi connectivity index (χ0v) is 12.1. The zero-order valence-electron chi connectivity index (χ0n) is 11.3. The zero-order chi connectivity index (χ0) is 14.5. The Morgan fingerprint density at radius 3 is 2.70 bits per heavy atom. The summed E-state index contributed by atoms with van der Waals surface area (Å²) in [6.07, 6.45) is 0.0979.